The van der Waals surface area contributed by atoms with E-state index in [1.165, 1.54) is 0 Å². The number of halogens is 1. The first kappa shape index (κ1) is 22.1. The lowest BCUT2D eigenvalue weighted by molar-refractivity contribution is -0.112. The van der Waals surface area contributed by atoms with E-state index in [2.05, 4.69) is 5.32 Å². The molecular formula is C26H23ClN2O2. The molecule has 0 atom stereocenters. The van der Waals surface area contributed by atoms with E-state index in [9.17, 15) is 10.1 Å². The van der Waals surface area contributed by atoms with Crippen LogP contribution in [0, 0.1) is 32.1 Å². The second kappa shape index (κ2) is 9.97. The smallest absolute Gasteiger partial charge is 0.266 e. The van der Waals surface area contributed by atoms with Gasteiger partial charge in [-0.05, 0) is 73.4 Å². The highest BCUT2D eigenvalue weighted by Crippen LogP contribution is 2.23. The van der Waals surface area contributed by atoms with Crippen molar-refractivity contribution >= 4 is 29.3 Å². The molecule has 5 heteroatoms. The molecule has 0 heterocycles. The van der Waals surface area contributed by atoms with Gasteiger partial charge in [0.1, 0.15) is 24.0 Å². The van der Waals surface area contributed by atoms with Crippen LogP contribution in [-0.2, 0) is 11.4 Å². The Hall–Kier alpha value is -3.55. The molecule has 0 fully saturated rings. The highest BCUT2D eigenvalue weighted by Gasteiger charge is 2.13. The molecule has 0 radical (unpaired) electrons. The van der Waals surface area contributed by atoms with E-state index in [-0.39, 0.29) is 5.57 Å². The van der Waals surface area contributed by atoms with Crippen LogP contribution in [0.1, 0.15) is 27.8 Å². The molecule has 3 aromatic carbocycles. The second-order valence-electron chi connectivity index (χ2n) is 7.38. The van der Waals surface area contributed by atoms with E-state index in [1.807, 2.05) is 87.5 Å². The van der Waals surface area contributed by atoms with Crippen molar-refractivity contribution in [3.8, 4) is 11.8 Å². The summed E-state index contributed by atoms with van der Waals surface area (Å²) in [5, 5.41) is 13.0. The summed E-state index contributed by atoms with van der Waals surface area (Å²) in [6, 6.07) is 20.7. The fourth-order valence-corrected chi connectivity index (χ4v) is 3.41. The number of ether oxygens (including phenoxy) is 1. The summed E-state index contributed by atoms with van der Waals surface area (Å²) in [6.07, 6.45) is 1.57. The Labute approximate surface area is 187 Å². The minimum atomic E-state index is -0.430. The molecule has 0 aromatic heterocycles. The van der Waals surface area contributed by atoms with Gasteiger partial charge in [-0.2, -0.15) is 5.26 Å². The zero-order chi connectivity index (χ0) is 22.4. The van der Waals surface area contributed by atoms with Gasteiger partial charge in [-0.1, -0.05) is 53.6 Å². The molecule has 1 N–H and O–H groups in total. The molecule has 156 valence electrons. The maximum Gasteiger partial charge on any atom is 0.266 e. The standard InChI is InChI=1S/C26H23ClN2O2/c1-17-12-18(2)25(19(3)13-17)29-26(30)22(15-28)14-20-6-10-24(11-7-20)31-16-21-4-8-23(27)9-5-21/h4-14H,16H2,1-3H3,(H,29,30)/b22-14-. The topological polar surface area (TPSA) is 62.1 Å². The Morgan fingerprint density at radius 3 is 2.23 bits per heavy atom. The number of hydrogen-bond acceptors (Lipinski definition) is 3. The van der Waals surface area contributed by atoms with E-state index in [4.69, 9.17) is 16.3 Å². The average Bonchev–Trinajstić information content (AvgIpc) is 2.75. The summed E-state index contributed by atoms with van der Waals surface area (Å²) in [5.41, 5.74) is 5.58. The number of carbonyl (C=O) groups is 1. The van der Waals surface area contributed by atoms with Crippen LogP contribution in [-0.4, -0.2) is 5.91 Å². The van der Waals surface area contributed by atoms with E-state index < -0.39 is 5.91 Å². The van der Waals surface area contributed by atoms with Crippen LogP contribution in [0.25, 0.3) is 6.08 Å². The highest BCUT2D eigenvalue weighted by molar-refractivity contribution is 6.30. The third-order valence-corrected chi connectivity index (χ3v) is 5.04. The van der Waals surface area contributed by atoms with Crippen LogP contribution in [0.3, 0.4) is 0 Å². The number of carbonyl (C=O) groups excluding carboxylic acids is 1. The van der Waals surface area contributed by atoms with Gasteiger partial charge in [0.05, 0.1) is 0 Å². The maximum absolute atomic E-state index is 12.7. The number of amides is 1. The van der Waals surface area contributed by atoms with Crippen molar-refractivity contribution in [3.63, 3.8) is 0 Å². The van der Waals surface area contributed by atoms with Crippen LogP contribution in [0.15, 0.2) is 66.2 Å². The molecule has 0 aliphatic rings. The van der Waals surface area contributed by atoms with E-state index in [0.29, 0.717) is 17.4 Å². The Morgan fingerprint density at radius 1 is 1.03 bits per heavy atom. The molecule has 4 nitrogen and oxygen atoms in total. The molecular weight excluding hydrogens is 408 g/mol. The zero-order valence-electron chi connectivity index (χ0n) is 17.7. The van der Waals surface area contributed by atoms with Gasteiger partial charge in [-0.3, -0.25) is 4.79 Å². The Kier molecular flexibility index (Phi) is 7.12. The fraction of sp³-hybridized carbons (Fsp3) is 0.154. The summed E-state index contributed by atoms with van der Waals surface area (Å²) in [5.74, 6) is 0.265. The lowest BCUT2D eigenvalue weighted by Crippen LogP contribution is -2.15. The molecule has 0 unspecified atom stereocenters. The van der Waals surface area contributed by atoms with Crippen LogP contribution in [0.4, 0.5) is 5.69 Å². The molecule has 0 aliphatic heterocycles. The van der Waals surface area contributed by atoms with Crippen molar-refractivity contribution in [1.82, 2.24) is 0 Å². The van der Waals surface area contributed by atoms with Gasteiger partial charge in [0.15, 0.2) is 0 Å². The number of aryl methyl sites for hydroxylation is 3. The lowest BCUT2D eigenvalue weighted by atomic mass is 10.0. The van der Waals surface area contributed by atoms with Crippen molar-refractivity contribution in [2.24, 2.45) is 0 Å². The molecule has 0 saturated carbocycles. The predicted molar refractivity (Wildman–Crippen MR) is 125 cm³/mol. The van der Waals surface area contributed by atoms with Gasteiger partial charge in [0.25, 0.3) is 5.91 Å². The van der Waals surface area contributed by atoms with E-state index >= 15 is 0 Å². The molecule has 1 amide bonds. The number of rotatable bonds is 6. The predicted octanol–water partition coefficient (Wildman–Crippen LogP) is 6.39. The van der Waals surface area contributed by atoms with Crippen molar-refractivity contribution in [2.75, 3.05) is 5.32 Å². The van der Waals surface area contributed by atoms with Crippen molar-refractivity contribution in [3.05, 3.63) is 99.1 Å². The summed E-state index contributed by atoms with van der Waals surface area (Å²) < 4.78 is 5.77. The molecule has 0 aliphatic carbocycles. The number of nitrogens with zero attached hydrogens (tertiary/aromatic N) is 1. The molecule has 31 heavy (non-hydrogen) atoms. The fourth-order valence-electron chi connectivity index (χ4n) is 3.28. The maximum atomic E-state index is 12.7. The largest absolute Gasteiger partial charge is 0.489 e. The normalized spacial score (nSPS) is 11.0. The monoisotopic (exact) mass is 430 g/mol. The highest BCUT2D eigenvalue weighted by atomic mass is 35.5. The first-order chi connectivity index (χ1) is 14.9. The molecule has 3 aromatic rings. The Balaban J connectivity index is 1.68. The number of nitrogens with one attached hydrogen (secondary N) is 1. The van der Waals surface area contributed by atoms with Gasteiger partial charge in [-0.15, -0.1) is 0 Å². The summed E-state index contributed by atoms with van der Waals surface area (Å²) in [7, 11) is 0. The second-order valence-corrected chi connectivity index (χ2v) is 7.82. The van der Waals surface area contributed by atoms with Crippen molar-refractivity contribution < 1.29 is 9.53 Å². The van der Waals surface area contributed by atoms with Gasteiger partial charge in [-0.25, -0.2) is 0 Å². The van der Waals surface area contributed by atoms with Crippen LogP contribution in [0.2, 0.25) is 5.02 Å². The van der Waals surface area contributed by atoms with Crippen molar-refractivity contribution in [2.45, 2.75) is 27.4 Å². The van der Waals surface area contributed by atoms with Gasteiger partial charge in [0, 0.05) is 10.7 Å². The third-order valence-electron chi connectivity index (χ3n) is 4.79. The average molecular weight is 431 g/mol. The van der Waals surface area contributed by atoms with Crippen LogP contribution < -0.4 is 10.1 Å². The van der Waals surface area contributed by atoms with Gasteiger partial charge in [0.2, 0.25) is 0 Å². The molecule has 3 rings (SSSR count). The van der Waals surface area contributed by atoms with Crippen molar-refractivity contribution in [1.29, 1.82) is 5.26 Å². The van der Waals surface area contributed by atoms with E-state index in [0.717, 1.165) is 33.5 Å². The van der Waals surface area contributed by atoms with Gasteiger partial charge < -0.3 is 10.1 Å². The number of anilines is 1. The minimum absolute atomic E-state index is 0.0363. The molecule has 0 spiro atoms. The summed E-state index contributed by atoms with van der Waals surface area (Å²) in [6.45, 7) is 6.31. The SMILES string of the molecule is Cc1cc(C)c(NC(=O)/C(C#N)=C\c2ccc(OCc3ccc(Cl)cc3)cc2)c(C)c1. The first-order valence-electron chi connectivity index (χ1n) is 9.84. The number of nitriles is 1. The van der Waals surface area contributed by atoms with Gasteiger partial charge >= 0.3 is 0 Å². The van der Waals surface area contributed by atoms with Crippen LogP contribution in [0.5, 0.6) is 5.75 Å². The summed E-state index contributed by atoms with van der Waals surface area (Å²) in [4.78, 5) is 12.7. The minimum Gasteiger partial charge on any atom is -0.489 e. The first-order valence-corrected chi connectivity index (χ1v) is 10.2. The third kappa shape index (κ3) is 5.97. The number of hydrogen-bond donors (Lipinski definition) is 1. The molecule has 0 bridgehead atoms. The lowest BCUT2D eigenvalue weighted by Gasteiger charge is -2.12. The number of benzene rings is 3. The Bertz CT molecular complexity index is 1130. The quantitative estimate of drug-likeness (QED) is 0.364. The van der Waals surface area contributed by atoms with Crippen LogP contribution >= 0.6 is 11.6 Å². The zero-order valence-corrected chi connectivity index (χ0v) is 18.5. The van der Waals surface area contributed by atoms with E-state index in [1.54, 1.807) is 6.08 Å². The summed E-state index contributed by atoms with van der Waals surface area (Å²) >= 11 is 5.89. The Morgan fingerprint density at radius 2 is 1.65 bits per heavy atom. The molecule has 0 saturated heterocycles.